The van der Waals surface area contributed by atoms with E-state index in [0.29, 0.717) is 12.8 Å². The van der Waals surface area contributed by atoms with E-state index < -0.39 is 11.9 Å². The van der Waals surface area contributed by atoms with Crippen molar-refractivity contribution in [2.45, 2.75) is 142 Å². The normalized spacial score (nSPS) is 11.4. The number of rotatable bonds is 22. The maximum atomic E-state index is 11.6. The molecule has 0 aromatic heterocycles. The van der Waals surface area contributed by atoms with Crippen LogP contribution in [0.3, 0.4) is 0 Å². The predicted octanol–water partition coefficient (Wildman–Crippen LogP) is 8.94. The highest BCUT2D eigenvalue weighted by atomic mass is 17.2. The molecule has 0 aliphatic carbocycles. The summed E-state index contributed by atoms with van der Waals surface area (Å²) < 4.78 is 0. The van der Waals surface area contributed by atoms with Crippen LogP contribution in [0.5, 0.6) is 0 Å². The lowest BCUT2D eigenvalue weighted by atomic mass is 10.1. The number of hydrogen-bond acceptors (Lipinski definition) is 4. The summed E-state index contributed by atoms with van der Waals surface area (Å²) in [5.41, 5.74) is 0. The Hall–Kier alpha value is -1.58. The first kappa shape index (κ1) is 30.4. The quantitative estimate of drug-likeness (QED) is 0.0714. The van der Waals surface area contributed by atoms with Gasteiger partial charge in [-0.1, -0.05) is 109 Å². The molecule has 0 bridgehead atoms. The minimum Gasteiger partial charge on any atom is -0.247 e. The second-order valence-electron chi connectivity index (χ2n) is 8.76. The average molecular weight is 451 g/mol. The Kier molecular flexibility index (Phi) is 24.4. The molecule has 32 heavy (non-hydrogen) atoms. The van der Waals surface area contributed by atoms with E-state index in [1.54, 1.807) is 0 Å². The molecule has 0 N–H and O–H groups in total. The smallest absolute Gasteiger partial charge is 0.247 e. The summed E-state index contributed by atoms with van der Waals surface area (Å²) in [5.74, 6) is -0.879. The van der Waals surface area contributed by atoms with Crippen LogP contribution in [0.25, 0.3) is 0 Å². The standard InChI is InChI=1S/C28H50O4/c1-3-5-7-9-11-12-13-14-15-16-17-18-20-22-24-26-28(30)32-31-27(29)25-23-21-19-10-8-6-4-2/h11-12,14-15H,3-10,13,16-26H2,1-2H3/b12-11-,15-14-. The average Bonchev–Trinajstić information content (AvgIpc) is 2.79. The van der Waals surface area contributed by atoms with Crippen molar-refractivity contribution in [1.29, 1.82) is 0 Å². The van der Waals surface area contributed by atoms with Gasteiger partial charge in [-0.25, -0.2) is 19.4 Å². The van der Waals surface area contributed by atoms with E-state index in [0.717, 1.165) is 51.4 Å². The lowest BCUT2D eigenvalue weighted by Gasteiger charge is -2.04. The van der Waals surface area contributed by atoms with E-state index in [2.05, 4.69) is 47.9 Å². The van der Waals surface area contributed by atoms with E-state index in [1.807, 2.05) is 0 Å². The number of unbranched alkanes of at least 4 members (excludes halogenated alkanes) is 14. The maximum absolute atomic E-state index is 11.6. The maximum Gasteiger partial charge on any atom is 0.355 e. The van der Waals surface area contributed by atoms with Gasteiger partial charge in [-0.2, -0.15) is 0 Å². The molecule has 0 heterocycles. The molecule has 0 unspecified atom stereocenters. The van der Waals surface area contributed by atoms with Crippen LogP contribution in [0.2, 0.25) is 0 Å². The van der Waals surface area contributed by atoms with Crippen LogP contribution in [-0.2, 0) is 19.4 Å². The molecule has 4 heteroatoms. The van der Waals surface area contributed by atoms with Crippen LogP contribution in [0.1, 0.15) is 142 Å². The van der Waals surface area contributed by atoms with Gasteiger partial charge in [-0.05, 0) is 44.9 Å². The third kappa shape index (κ3) is 24.7. The highest BCUT2D eigenvalue weighted by Gasteiger charge is 2.09. The van der Waals surface area contributed by atoms with Gasteiger partial charge in [0.25, 0.3) is 0 Å². The molecule has 0 aliphatic rings. The molecule has 0 rings (SSSR count). The van der Waals surface area contributed by atoms with Crippen LogP contribution < -0.4 is 0 Å². The van der Waals surface area contributed by atoms with Gasteiger partial charge in [0.05, 0.1) is 12.8 Å². The Morgan fingerprint density at radius 2 is 0.875 bits per heavy atom. The Labute approximate surface area is 198 Å². The topological polar surface area (TPSA) is 52.6 Å². The van der Waals surface area contributed by atoms with E-state index in [-0.39, 0.29) is 0 Å². The Morgan fingerprint density at radius 3 is 1.38 bits per heavy atom. The summed E-state index contributed by atoms with van der Waals surface area (Å²) in [6.07, 6.45) is 30.3. The van der Waals surface area contributed by atoms with Gasteiger partial charge in [0.15, 0.2) is 0 Å². The highest BCUT2D eigenvalue weighted by Crippen LogP contribution is 2.10. The van der Waals surface area contributed by atoms with Gasteiger partial charge >= 0.3 is 11.9 Å². The molecular weight excluding hydrogens is 400 g/mol. The van der Waals surface area contributed by atoms with Gasteiger partial charge < -0.3 is 0 Å². The van der Waals surface area contributed by atoms with Crippen LogP contribution in [0.4, 0.5) is 0 Å². The zero-order valence-corrected chi connectivity index (χ0v) is 21.1. The first-order valence-electron chi connectivity index (χ1n) is 13.4. The summed E-state index contributed by atoms with van der Waals surface area (Å²) in [6, 6.07) is 0. The molecule has 0 atom stereocenters. The summed E-state index contributed by atoms with van der Waals surface area (Å²) in [5, 5.41) is 0. The largest absolute Gasteiger partial charge is 0.355 e. The van der Waals surface area contributed by atoms with Crippen LogP contribution in [-0.4, -0.2) is 11.9 Å². The SMILES string of the molecule is CCCCC/C=C\C/C=C\CCCCCCCC(=O)OOC(=O)CCCCCCCCC. The van der Waals surface area contributed by atoms with E-state index in [9.17, 15) is 9.59 Å². The molecule has 0 amide bonds. The van der Waals surface area contributed by atoms with Gasteiger partial charge in [-0.15, -0.1) is 0 Å². The first-order valence-corrected chi connectivity index (χ1v) is 13.4. The van der Waals surface area contributed by atoms with E-state index >= 15 is 0 Å². The third-order valence-electron chi connectivity index (χ3n) is 5.54. The number of carbonyl (C=O) groups excluding carboxylic acids is 2. The van der Waals surface area contributed by atoms with Crippen molar-refractivity contribution in [3.05, 3.63) is 24.3 Å². The first-order chi connectivity index (χ1) is 15.7. The Balaban J connectivity index is 3.38. The second kappa shape index (κ2) is 25.7. The van der Waals surface area contributed by atoms with Crippen molar-refractivity contribution in [2.75, 3.05) is 0 Å². The molecule has 0 fully saturated rings. The van der Waals surface area contributed by atoms with Crippen molar-refractivity contribution in [2.24, 2.45) is 0 Å². The van der Waals surface area contributed by atoms with Gasteiger partial charge in [-0.3, -0.25) is 0 Å². The fourth-order valence-corrected chi connectivity index (χ4v) is 3.48. The number of carbonyl (C=O) groups is 2. The summed E-state index contributed by atoms with van der Waals surface area (Å²) in [4.78, 5) is 32.5. The second-order valence-corrected chi connectivity index (χ2v) is 8.76. The molecular formula is C28H50O4. The summed E-state index contributed by atoms with van der Waals surface area (Å²) in [6.45, 7) is 4.44. The minimum absolute atomic E-state index is 0.315. The monoisotopic (exact) mass is 450 g/mol. The molecule has 0 aromatic rings. The fraction of sp³-hybridized carbons (Fsp3) is 0.786. The molecule has 0 spiro atoms. The third-order valence-corrected chi connectivity index (χ3v) is 5.54. The minimum atomic E-state index is -0.441. The van der Waals surface area contributed by atoms with Gasteiger partial charge in [0, 0.05) is 0 Å². The van der Waals surface area contributed by atoms with Gasteiger partial charge in [0.1, 0.15) is 0 Å². The van der Waals surface area contributed by atoms with Gasteiger partial charge in [0.2, 0.25) is 0 Å². The lowest BCUT2D eigenvalue weighted by Crippen LogP contribution is -2.11. The van der Waals surface area contributed by atoms with Crippen molar-refractivity contribution in [3.63, 3.8) is 0 Å². The highest BCUT2D eigenvalue weighted by molar-refractivity contribution is 5.72. The fourth-order valence-electron chi connectivity index (χ4n) is 3.48. The molecule has 186 valence electrons. The van der Waals surface area contributed by atoms with Crippen LogP contribution in [0.15, 0.2) is 24.3 Å². The van der Waals surface area contributed by atoms with Crippen LogP contribution in [0, 0.1) is 0 Å². The lowest BCUT2D eigenvalue weighted by molar-refractivity contribution is -0.259. The van der Waals surface area contributed by atoms with E-state index in [4.69, 9.17) is 0 Å². The van der Waals surface area contributed by atoms with Crippen molar-refractivity contribution < 1.29 is 19.4 Å². The molecule has 0 saturated heterocycles. The van der Waals surface area contributed by atoms with Crippen molar-refractivity contribution in [1.82, 2.24) is 0 Å². The number of allylic oxidation sites excluding steroid dienone is 4. The molecule has 0 aliphatic heterocycles. The van der Waals surface area contributed by atoms with Crippen molar-refractivity contribution in [3.8, 4) is 0 Å². The molecule has 0 saturated carbocycles. The van der Waals surface area contributed by atoms with Crippen LogP contribution >= 0.6 is 0 Å². The number of hydrogen-bond donors (Lipinski definition) is 0. The zero-order chi connectivity index (χ0) is 23.5. The van der Waals surface area contributed by atoms with Crippen molar-refractivity contribution >= 4 is 11.9 Å². The Morgan fingerprint density at radius 1 is 0.500 bits per heavy atom. The summed E-state index contributed by atoms with van der Waals surface area (Å²) in [7, 11) is 0. The molecule has 0 radical (unpaired) electrons. The molecule has 0 aromatic carbocycles. The molecule has 4 nitrogen and oxygen atoms in total. The zero-order valence-electron chi connectivity index (χ0n) is 21.1. The van der Waals surface area contributed by atoms with E-state index in [1.165, 1.54) is 64.2 Å². The predicted molar refractivity (Wildman–Crippen MR) is 134 cm³/mol. The summed E-state index contributed by atoms with van der Waals surface area (Å²) >= 11 is 0. The Bertz CT molecular complexity index is 482.